The van der Waals surface area contributed by atoms with Gasteiger partial charge in [0.25, 0.3) is 0 Å². The van der Waals surface area contributed by atoms with Crippen molar-refractivity contribution < 1.29 is 37.0 Å². The second-order valence-corrected chi connectivity index (χ2v) is 18.9. The smallest absolute Gasteiger partial charge is 0.736 e. The second-order valence-electron chi connectivity index (χ2n) is 16.4. The van der Waals surface area contributed by atoms with Crippen LogP contribution in [0.5, 0.6) is 23.0 Å². The number of hydrogen-bond donors (Lipinski definition) is 0. The maximum Gasteiger partial charge on any atom is 2.00 e. The molecule has 0 aliphatic carbocycles. The van der Waals surface area contributed by atoms with Crippen molar-refractivity contribution in [3.05, 3.63) is 119 Å². The molecule has 4 rings (SSSR count). The molecule has 0 fully saturated rings. The first-order chi connectivity index (χ1) is 22.7. The van der Waals surface area contributed by atoms with Crippen LogP contribution in [0.2, 0.25) is 0 Å². The Balaban J connectivity index is 0.000000347. The molecule has 0 aliphatic rings. The molecule has 0 spiro atoms. The van der Waals surface area contributed by atoms with Crippen molar-refractivity contribution in [2.75, 3.05) is 0 Å². The van der Waals surface area contributed by atoms with Gasteiger partial charge in [-0.3, -0.25) is 0 Å². The molecular formula is C40H52MgO8P2. The van der Waals surface area contributed by atoms with E-state index in [0.29, 0.717) is 0 Å². The fourth-order valence-corrected chi connectivity index (χ4v) is 6.21. The summed E-state index contributed by atoms with van der Waals surface area (Å²) in [6.45, 7) is 25.1. The van der Waals surface area contributed by atoms with E-state index in [1.54, 1.807) is 48.5 Å². The molecule has 0 amide bonds. The van der Waals surface area contributed by atoms with Crippen LogP contribution in [-0.2, 0) is 30.8 Å². The minimum atomic E-state index is -4.50. The van der Waals surface area contributed by atoms with Crippen LogP contribution < -0.4 is 27.9 Å². The summed E-state index contributed by atoms with van der Waals surface area (Å²) in [5.74, 6) is 0.936. The number of phosphoric acid groups is 2. The largest absolute Gasteiger partial charge is 2.00 e. The molecule has 0 aromatic heterocycles. The summed E-state index contributed by atoms with van der Waals surface area (Å²) in [4.78, 5) is 24.2. The molecule has 272 valence electrons. The van der Waals surface area contributed by atoms with E-state index in [9.17, 15) is 18.9 Å². The zero-order valence-electron chi connectivity index (χ0n) is 32.1. The van der Waals surface area contributed by atoms with Gasteiger partial charge in [-0.05, 0) is 92.4 Å². The number of hydrogen-bond acceptors (Lipinski definition) is 8. The van der Waals surface area contributed by atoms with Gasteiger partial charge >= 0.3 is 38.7 Å². The van der Waals surface area contributed by atoms with Crippen molar-refractivity contribution in [3.63, 3.8) is 0 Å². The van der Waals surface area contributed by atoms with Gasteiger partial charge < -0.3 is 27.9 Å². The molecule has 51 heavy (non-hydrogen) atoms. The molecule has 0 aliphatic heterocycles. The Morgan fingerprint density at radius 2 is 0.490 bits per heavy atom. The molecule has 4 aromatic rings. The molecule has 0 atom stereocenters. The van der Waals surface area contributed by atoms with Gasteiger partial charge in [0.1, 0.15) is 23.0 Å². The first kappa shape index (κ1) is 44.4. The quantitative estimate of drug-likeness (QED) is 0.129. The van der Waals surface area contributed by atoms with Crippen LogP contribution in [0.1, 0.15) is 105 Å². The normalized spacial score (nSPS) is 12.5. The third-order valence-electron chi connectivity index (χ3n) is 7.75. The van der Waals surface area contributed by atoms with Gasteiger partial charge in [0, 0.05) is 0 Å². The summed E-state index contributed by atoms with van der Waals surface area (Å²) in [5.41, 5.74) is 4.35. The Morgan fingerprint density at radius 3 is 0.608 bits per heavy atom. The number of phosphoric ester groups is 2. The van der Waals surface area contributed by atoms with E-state index in [4.69, 9.17) is 18.1 Å². The van der Waals surface area contributed by atoms with Crippen LogP contribution >= 0.6 is 15.6 Å². The molecule has 0 N–H and O–H groups in total. The summed E-state index contributed by atoms with van der Waals surface area (Å²) in [7, 11) is -9.00. The summed E-state index contributed by atoms with van der Waals surface area (Å²) < 4.78 is 44.4. The standard InChI is InChI=1S/2C20H27O4P.Mg/c2*1-19(2,3)15-7-11-17(12-8-15)23-25(21,22)24-18-13-9-16(10-14-18)20(4,5)6;/h2*7-14H,1-6H3,(H,21,22);/q;;+2/p-2. The van der Waals surface area contributed by atoms with Gasteiger partial charge in [-0.15, -0.1) is 0 Å². The van der Waals surface area contributed by atoms with E-state index in [1.807, 2.05) is 48.5 Å². The van der Waals surface area contributed by atoms with Crippen molar-refractivity contribution in [2.24, 2.45) is 0 Å². The van der Waals surface area contributed by atoms with Crippen molar-refractivity contribution >= 4 is 38.7 Å². The number of benzene rings is 4. The van der Waals surface area contributed by atoms with Crippen LogP contribution in [-0.4, -0.2) is 23.1 Å². The maximum atomic E-state index is 12.1. The molecule has 11 heteroatoms. The Bertz CT molecular complexity index is 1520. The molecule has 0 unspecified atom stereocenters. The fourth-order valence-electron chi connectivity index (χ4n) is 4.62. The third-order valence-corrected chi connectivity index (χ3v) is 9.49. The van der Waals surface area contributed by atoms with Gasteiger partial charge in [0.2, 0.25) is 0 Å². The van der Waals surface area contributed by atoms with E-state index in [-0.39, 0.29) is 67.7 Å². The van der Waals surface area contributed by atoms with Crippen LogP contribution in [0, 0.1) is 0 Å². The zero-order valence-corrected chi connectivity index (χ0v) is 35.3. The van der Waals surface area contributed by atoms with E-state index in [1.165, 1.54) is 0 Å². The third kappa shape index (κ3) is 14.6. The zero-order chi connectivity index (χ0) is 37.8. The summed E-state index contributed by atoms with van der Waals surface area (Å²) in [5, 5.41) is 0. The van der Waals surface area contributed by atoms with Crippen LogP contribution in [0.25, 0.3) is 0 Å². The number of rotatable bonds is 8. The molecule has 0 saturated carbocycles. The average Bonchev–Trinajstić information content (AvgIpc) is 2.96. The predicted molar refractivity (Wildman–Crippen MR) is 204 cm³/mol. The Hall–Kier alpha value is -2.77. The fraction of sp³-hybridized carbons (Fsp3) is 0.400. The Morgan fingerprint density at radius 1 is 0.353 bits per heavy atom. The van der Waals surface area contributed by atoms with Crippen LogP contribution in [0.3, 0.4) is 0 Å². The Kier molecular flexibility index (Phi) is 14.7. The molecule has 4 aromatic carbocycles. The van der Waals surface area contributed by atoms with Crippen molar-refractivity contribution in [1.29, 1.82) is 0 Å². The molecule has 0 bridgehead atoms. The van der Waals surface area contributed by atoms with Gasteiger partial charge in [0.15, 0.2) is 0 Å². The minimum absolute atomic E-state index is 0. The summed E-state index contributed by atoms with van der Waals surface area (Å²) in [6, 6.07) is 27.9. The summed E-state index contributed by atoms with van der Waals surface area (Å²) in [6.07, 6.45) is 0. The van der Waals surface area contributed by atoms with Gasteiger partial charge in [-0.2, -0.15) is 0 Å². The second kappa shape index (κ2) is 16.9. The van der Waals surface area contributed by atoms with E-state index >= 15 is 0 Å². The molecule has 0 heterocycles. The summed E-state index contributed by atoms with van der Waals surface area (Å²) >= 11 is 0. The Labute approximate surface area is 321 Å². The van der Waals surface area contributed by atoms with Gasteiger partial charge in [-0.1, -0.05) is 132 Å². The van der Waals surface area contributed by atoms with Crippen LogP contribution in [0.15, 0.2) is 97.1 Å². The van der Waals surface area contributed by atoms with E-state index < -0.39 is 15.6 Å². The molecular weight excluding hydrogens is 695 g/mol. The monoisotopic (exact) mass is 746 g/mol. The predicted octanol–water partition coefficient (Wildman–Crippen LogP) is 10.0. The first-order valence-electron chi connectivity index (χ1n) is 16.6. The van der Waals surface area contributed by atoms with Crippen molar-refractivity contribution in [2.45, 2.75) is 105 Å². The van der Waals surface area contributed by atoms with Gasteiger partial charge in [-0.25, -0.2) is 9.13 Å². The minimum Gasteiger partial charge on any atom is -0.736 e. The van der Waals surface area contributed by atoms with Crippen molar-refractivity contribution in [1.82, 2.24) is 0 Å². The van der Waals surface area contributed by atoms with E-state index in [0.717, 1.165) is 22.3 Å². The maximum absolute atomic E-state index is 12.1. The SMILES string of the molecule is CC(C)(C)c1ccc(OP(=O)([O-])Oc2ccc(C(C)(C)C)cc2)cc1.CC(C)(C)c1ccc(OP(=O)([O-])Oc2ccc(C(C)(C)C)cc2)cc1.[Mg+2]. The topological polar surface area (TPSA) is 117 Å². The van der Waals surface area contributed by atoms with Crippen molar-refractivity contribution in [3.8, 4) is 23.0 Å². The molecule has 0 saturated heterocycles. The van der Waals surface area contributed by atoms with E-state index in [2.05, 4.69) is 83.1 Å². The molecule has 0 radical (unpaired) electrons. The average molecular weight is 747 g/mol. The van der Waals surface area contributed by atoms with Gasteiger partial charge in [0.05, 0.1) is 0 Å². The van der Waals surface area contributed by atoms with Crippen LogP contribution in [0.4, 0.5) is 0 Å². The molecule has 8 nitrogen and oxygen atoms in total. The first-order valence-corrected chi connectivity index (χ1v) is 19.5.